The SMILES string of the molecule is CC(C)c1ncc(Cl)c(C(=O)NCC2CCC2)n1. The summed E-state index contributed by atoms with van der Waals surface area (Å²) in [6.45, 7) is 4.69. The van der Waals surface area contributed by atoms with E-state index in [1.807, 2.05) is 13.8 Å². The van der Waals surface area contributed by atoms with Gasteiger partial charge in [-0.05, 0) is 18.8 Å². The molecule has 1 amide bonds. The Labute approximate surface area is 112 Å². The molecule has 18 heavy (non-hydrogen) atoms. The number of aromatic nitrogens is 2. The lowest BCUT2D eigenvalue weighted by atomic mass is 9.85. The van der Waals surface area contributed by atoms with Crippen LogP contribution < -0.4 is 5.32 Å². The van der Waals surface area contributed by atoms with Gasteiger partial charge in [0.05, 0.1) is 11.2 Å². The van der Waals surface area contributed by atoms with Gasteiger partial charge in [-0.25, -0.2) is 9.97 Å². The summed E-state index contributed by atoms with van der Waals surface area (Å²) in [6.07, 6.45) is 5.18. The molecule has 2 rings (SSSR count). The number of halogens is 1. The minimum absolute atomic E-state index is 0.181. The molecule has 0 radical (unpaired) electrons. The highest BCUT2D eigenvalue weighted by Gasteiger charge is 2.20. The second-order valence-electron chi connectivity index (χ2n) is 5.09. The van der Waals surface area contributed by atoms with Gasteiger partial charge in [0.2, 0.25) is 0 Å². The average Bonchev–Trinajstić information content (AvgIpc) is 2.26. The Morgan fingerprint density at radius 1 is 1.56 bits per heavy atom. The fourth-order valence-corrected chi connectivity index (χ4v) is 2.01. The van der Waals surface area contributed by atoms with E-state index in [2.05, 4.69) is 15.3 Å². The molecule has 0 aliphatic heterocycles. The van der Waals surface area contributed by atoms with Crippen molar-refractivity contribution in [3.8, 4) is 0 Å². The van der Waals surface area contributed by atoms with Crippen molar-refractivity contribution in [2.45, 2.75) is 39.0 Å². The summed E-state index contributed by atoms with van der Waals surface area (Å²) in [5.74, 6) is 1.25. The van der Waals surface area contributed by atoms with Crippen molar-refractivity contribution >= 4 is 17.5 Å². The number of hydrogen-bond acceptors (Lipinski definition) is 3. The molecule has 5 heteroatoms. The maximum Gasteiger partial charge on any atom is 0.271 e. The van der Waals surface area contributed by atoms with Crippen molar-refractivity contribution in [1.29, 1.82) is 0 Å². The lowest BCUT2D eigenvalue weighted by molar-refractivity contribution is 0.0933. The van der Waals surface area contributed by atoms with Crippen LogP contribution in [0.1, 0.15) is 55.3 Å². The van der Waals surface area contributed by atoms with Gasteiger partial charge in [-0.2, -0.15) is 0 Å². The Morgan fingerprint density at radius 2 is 2.28 bits per heavy atom. The minimum Gasteiger partial charge on any atom is -0.350 e. The average molecular weight is 268 g/mol. The van der Waals surface area contributed by atoms with E-state index in [1.54, 1.807) is 0 Å². The molecule has 1 fully saturated rings. The van der Waals surface area contributed by atoms with E-state index in [4.69, 9.17) is 11.6 Å². The monoisotopic (exact) mass is 267 g/mol. The molecule has 1 aromatic rings. The summed E-state index contributed by atoms with van der Waals surface area (Å²) in [5, 5.41) is 3.20. The van der Waals surface area contributed by atoms with E-state index >= 15 is 0 Å². The topological polar surface area (TPSA) is 54.9 Å². The van der Waals surface area contributed by atoms with Gasteiger partial charge >= 0.3 is 0 Å². The number of rotatable bonds is 4. The zero-order chi connectivity index (χ0) is 13.1. The van der Waals surface area contributed by atoms with E-state index in [0.717, 1.165) is 6.54 Å². The number of carbonyl (C=O) groups excluding carboxylic acids is 1. The Balaban J connectivity index is 2.05. The van der Waals surface area contributed by atoms with Crippen LogP contribution in [0.2, 0.25) is 5.02 Å². The molecule has 1 saturated carbocycles. The van der Waals surface area contributed by atoms with Crippen molar-refractivity contribution < 1.29 is 4.79 Å². The molecule has 1 aromatic heterocycles. The molecule has 0 saturated heterocycles. The highest BCUT2D eigenvalue weighted by atomic mass is 35.5. The fourth-order valence-electron chi connectivity index (χ4n) is 1.84. The number of nitrogens with one attached hydrogen (secondary N) is 1. The molecule has 0 spiro atoms. The van der Waals surface area contributed by atoms with Crippen molar-refractivity contribution in [2.24, 2.45) is 5.92 Å². The summed E-state index contributed by atoms with van der Waals surface area (Å²) in [7, 11) is 0. The van der Waals surface area contributed by atoms with Gasteiger partial charge in [-0.15, -0.1) is 0 Å². The van der Waals surface area contributed by atoms with Crippen molar-refractivity contribution in [1.82, 2.24) is 15.3 Å². The zero-order valence-electron chi connectivity index (χ0n) is 10.7. The predicted octanol–water partition coefficient (Wildman–Crippen LogP) is 2.78. The second kappa shape index (κ2) is 5.65. The van der Waals surface area contributed by atoms with Crippen LogP contribution in [-0.4, -0.2) is 22.4 Å². The van der Waals surface area contributed by atoms with Gasteiger partial charge in [0.25, 0.3) is 5.91 Å². The van der Waals surface area contributed by atoms with Gasteiger partial charge in [0, 0.05) is 12.5 Å². The van der Waals surface area contributed by atoms with Crippen molar-refractivity contribution in [3.05, 3.63) is 22.7 Å². The Kier molecular flexibility index (Phi) is 4.17. The molecule has 0 unspecified atom stereocenters. The Hall–Kier alpha value is -1.16. The molecule has 1 N–H and O–H groups in total. The third kappa shape index (κ3) is 2.99. The van der Waals surface area contributed by atoms with E-state index in [9.17, 15) is 4.79 Å². The molecule has 98 valence electrons. The van der Waals surface area contributed by atoms with Crippen LogP contribution in [0.5, 0.6) is 0 Å². The minimum atomic E-state index is -0.198. The first kappa shape index (κ1) is 13.3. The molecule has 0 bridgehead atoms. The zero-order valence-corrected chi connectivity index (χ0v) is 11.5. The van der Waals surface area contributed by atoms with Crippen LogP contribution in [-0.2, 0) is 0 Å². The van der Waals surface area contributed by atoms with Crippen LogP contribution in [0.15, 0.2) is 6.20 Å². The third-order valence-electron chi connectivity index (χ3n) is 3.27. The quantitative estimate of drug-likeness (QED) is 0.913. The Bertz CT molecular complexity index is 444. The third-order valence-corrected chi connectivity index (χ3v) is 3.55. The first-order chi connectivity index (χ1) is 8.58. The summed E-state index contributed by atoms with van der Waals surface area (Å²) < 4.78 is 0. The van der Waals surface area contributed by atoms with Crippen molar-refractivity contribution in [2.75, 3.05) is 6.54 Å². The second-order valence-corrected chi connectivity index (χ2v) is 5.49. The first-order valence-electron chi connectivity index (χ1n) is 6.38. The Morgan fingerprint density at radius 3 is 2.83 bits per heavy atom. The fraction of sp³-hybridized carbons (Fsp3) is 0.615. The summed E-state index contributed by atoms with van der Waals surface area (Å²) in [4.78, 5) is 20.4. The molecule has 4 nitrogen and oxygen atoms in total. The van der Waals surface area contributed by atoms with Crippen LogP contribution in [0.25, 0.3) is 0 Å². The van der Waals surface area contributed by atoms with E-state index in [-0.39, 0.29) is 17.5 Å². The largest absolute Gasteiger partial charge is 0.350 e. The molecule has 1 heterocycles. The lowest BCUT2D eigenvalue weighted by Crippen LogP contribution is -2.33. The smallest absolute Gasteiger partial charge is 0.271 e. The van der Waals surface area contributed by atoms with Crippen LogP contribution in [0.3, 0.4) is 0 Å². The van der Waals surface area contributed by atoms with Gasteiger partial charge < -0.3 is 5.32 Å². The van der Waals surface area contributed by atoms with Crippen molar-refractivity contribution in [3.63, 3.8) is 0 Å². The molecule has 1 aliphatic rings. The predicted molar refractivity (Wildman–Crippen MR) is 70.8 cm³/mol. The molecule has 1 aliphatic carbocycles. The van der Waals surface area contributed by atoms with Gasteiger partial charge in [0.15, 0.2) is 0 Å². The van der Waals surface area contributed by atoms with Crippen LogP contribution >= 0.6 is 11.6 Å². The van der Waals surface area contributed by atoms with Crippen LogP contribution in [0, 0.1) is 5.92 Å². The van der Waals surface area contributed by atoms with E-state index in [0.29, 0.717) is 16.8 Å². The standard InChI is InChI=1S/C13H18ClN3O/c1-8(2)12-15-7-10(14)11(17-12)13(18)16-6-9-4-3-5-9/h7-9H,3-6H2,1-2H3,(H,16,18). The maximum absolute atomic E-state index is 12.0. The molecule has 0 aromatic carbocycles. The molecular formula is C13H18ClN3O. The number of hydrogen-bond donors (Lipinski definition) is 1. The maximum atomic E-state index is 12.0. The van der Waals surface area contributed by atoms with Gasteiger partial charge in [-0.1, -0.05) is 31.9 Å². The summed E-state index contributed by atoms with van der Waals surface area (Å²) >= 11 is 5.97. The summed E-state index contributed by atoms with van der Waals surface area (Å²) in [5.41, 5.74) is 0.287. The molecule has 0 atom stereocenters. The number of nitrogens with zero attached hydrogens (tertiary/aromatic N) is 2. The highest BCUT2D eigenvalue weighted by Crippen LogP contribution is 2.25. The summed E-state index contributed by atoms with van der Waals surface area (Å²) in [6, 6.07) is 0. The number of amides is 1. The highest BCUT2D eigenvalue weighted by molar-refractivity contribution is 6.33. The molecular weight excluding hydrogens is 250 g/mol. The van der Waals surface area contributed by atoms with E-state index in [1.165, 1.54) is 25.5 Å². The first-order valence-corrected chi connectivity index (χ1v) is 6.76. The normalized spacial score (nSPS) is 15.6. The number of carbonyl (C=O) groups is 1. The van der Waals surface area contributed by atoms with Gasteiger partial charge in [0.1, 0.15) is 11.5 Å². The van der Waals surface area contributed by atoms with Crippen LogP contribution in [0.4, 0.5) is 0 Å². The van der Waals surface area contributed by atoms with Gasteiger partial charge in [-0.3, -0.25) is 4.79 Å². The van der Waals surface area contributed by atoms with E-state index < -0.39 is 0 Å². The lowest BCUT2D eigenvalue weighted by Gasteiger charge is -2.25.